The number of hydrogen-bond acceptors (Lipinski definition) is 4. The van der Waals surface area contributed by atoms with Gasteiger partial charge >= 0.3 is 0 Å². The van der Waals surface area contributed by atoms with E-state index in [1.54, 1.807) is 6.07 Å². The fraction of sp³-hybridized carbons (Fsp3) is 0.737. The highest BCUT2D eigenvalue weighted by Gasteiger charge is 2.23. The van der Waals surface area contributed by atoms with Crippen LogP contribution >= 0.6 is 35.3 Å². The molecule has 0 aliphatic heterocycles. The van der Waals surface area contributed by atoms with E-state index < -0.39 is 10.0 Å². The average molecular weight is 543 g/mol. The average Bonchev–Trinajstić information content (AvgIpc) is 3.13. The van der Waals surface area contributed by atoms with Crippen LogP contribution < -0.4 is 10.6 Å². The molecular formula is C19H35IN4O2S2. The molecule has 0 radical (unpaired) electrons. The molecule has 0 spiro atoms. The number of guanidine groups is 1. The molecule has 0 saturated heterocycles. The number of sulfonamides is 1. The predicted octanol–water partition coefficient (Wildman–Crippen LogP) is 3.83. The molecule has 6 nitrogen and oxygen atoms in total. The largest absolute Gasteiger partial charge is 0.357 e. The maximum absolute atomic E-state index is 12.6. The van der Waals surface area contributed by atoms with Gasteiger partial charge in [-0.1, -0.05) is 33.1 Å². The molecule has 1 aromatic heterocycles. The minimum atomic E-state index is -3.36. The van der Waals surface area contributed by atoms with Crippen molar-refractivity contribution in [1.29, 1.82) is 0 Å². The molecule has 1 aliphatic rings. The van der Waals surface area contributed by atoms with E-state index >= 15 is 0 Å². The number of aliphatic imine (C=N–C) groups is 1. The Bertz CT molecular complexity index is 697. The van der Waals surface area contributed by atoms with Crippen molar-refractivity contribution in [3.05, 3.63) is 17.0 Å². The quantitative estimate of drug-likeness (QED) is 0.283. The summed E-state index contributed by atoms with van der Waals surface area (Å²) >= 11 is 1.36. The summed E-state index contributed by atoms with van der Waals surface area (Å²) in [5, 5.41) is 6.86. The lowest BCUT2D eigenvalue weighted by Crippen LogP contribution is -2.44. The Morgan fingerprint density at radius 3 is 2.46 bits per heavy atom. The van der Waals surface area contributed by atoms with Gasteiger partial charge in [-0.05, 0) is 31.9 Å². The Morgan fingerprint density at radius 1 is 1.18 bits per heavy atom. The van der Waals surface area contributed by atoms with Gasteiger partial charge in [-0.25, -0.2) is 8.42 Å². The fourth-order valence-electron chi connectivity index (χ4n) is 3.36. The summed E-state index contributed by atoms with van der Waals surface area (Å²) in [5.41, 5.74) is 0. The third kappa shape index (κ3) is 7.46. The van der Waals surface area contributed by atoms with E-state index in [-0.39, 0.29) is 24.0 Å². The van der Waals surface area contributed by atoms with Crippen LogP contribution in [0.25, 0.3) is 0 Å². The molecule has 0 aromatic carbocycles. The molecule has 1 heterocycles. The minimum Gasteiger partial charge on any atom is -0.357 e. The number of nitrogens with one attached hydrogen (secondary N) is 2. The molecule has 0 bridgehead atoms. The van der Waals surface area contributed by atoms with Crippen LogP contribution in [0.15, 0.2) is 21.3 Å². The van der Waals surface area contributed by atoms with Crippen molar-refractivity contribution < 1.29 is 8.42 Å². The molecule has 1 fully saturated rings. The first-order valence-corrected chi connectivity index (χ1v) is 12.4. The lowest BCUT2D eigenvalue weighted by Gasteiger charge is -2.24. The summed E-state index contributed by atoms with van der Waals surface area (Å²) in [7, 11) is -3.36. The summed E-state index contributed by atoms with van der Waals surface area (Å²) in [5.74, 6) is 0.872. The van der Waals surface area contributed by atoms with Gasteiger partial charge < -0.3 is 10.6 Å². The third-order valence-corrected chi connectivity index (χ3v) is 8.52. The SMILES string of the molecule is CCNC(=NCCc1ccc(S(=O)(=O)N(CC)CC)s1)NC1CCCCC1.I. The fourth-order valence-corrected chi connectivity index (χ4v) is 6.32. The van der Waals surface area contributed by atoms with Gasteiger partial charge in [0.1, 0.15) is 4.21 Å². The third-order valence-electron chi connectivity index (χ3n) is 4.85. The molecule has 1 saturated carbocycles. The zero-order valence-corrected chi connectivity index (χ0v) is 21.2. The van der Waals surface area contributed by atoms with Gasteiger partial charge in [-0.15, -0.1) is 35.3 Å². The van der Waals surface area contributed by atoms with Crippen LogP contribution in [0.5, 0.6) is 0 Å². The molecular weight excluding hydrogens is 507 g/mol. The predicted molar refractivity (Wildman–Crippen MR) is 130 cm³/mol. The molecule has 0 amide bonds. The van der Waals surface area contributed by atoms with Gasteiger partial charge in [0.25, 0.3) is 10.0 Å². The van der Waals surface area contributed by atoms with Gasteiger partial charge in [0.2, 0.25) is 0 Å². The lowest BCUT2D eigenvalue weighted by atomic mass is 9.96. The van der Waals surface area contributed by atoms with Crippen molar-refractivity contribution in [2.24, 2.45) is 4.99 Å². The Hall–Kier alpha value is -0.390. The standard InChI is InChI=1S/C19H34N4O2S2.HI/c1-4-20-19(22-16-10-8-7-9-11-16)21-15-14-17-12-13-18(26-17)27(24,25)23(5-2)6-3;/h12-13,16H,4-11,14-15H2,1-3H3,(H2,20,21,22);1H. The summed E-state index contributed by atoms with van der Waals surface area (Å²) in [6.45, 7) is 8.28. The molecule has 28 heavy (non-hydrogen) atoms. The van der Waals surface area contributed by atoms with Crippen LogP contribution in [0.2, 0.25) is 0 Å². The zero-order chi connectivity index (χ0) is 19.7. The normalized spacial score (nSPS) is 16.1. The molecule has 2 N–H and O–H groups in total. The van der Waals surface area contributed by atoms with E-state index in [1.165, 1.54) is 47.7 Å². The minimum absolute atomic E-state index is 0. The van der Waals surface area contributed by atoms with Crippen molar-refractivity contribution in [2.45, 2.75) is 69.5 Å². The van der Waals surface area contributed by atoms with Crippen LogP contribution in [0, 0.1) is 0 Å². The number of rotatable bonds is 9. The van der Waals surface area contributed by atoms with Crippen molar-refractivity contribution in [1.82, 2.24) is 14.9 Å². The van der Waals surface area contributed by atoms with Crippen molar-refractivity contribution in [2.75, 3.05) is 26.2 Å². The second-order valence-corrected chi connectivity index (χ2v) is 10.1. The van der Waals surface area contributed by atoms with Crippen molar-refractivity contribution in [3.63, 3.8) is 0 Å². The monoisotopic (exact) mass is 542 g/mol. The molecule has 9 heteroatoms. The van der Waals surface area contributed by atoms with E-state index in [0.717, 1.165) is 23.8 Å². The highest BCUT2D eigenvalue weighted by molar-refractivity contribution is 14.0. The van der Waals surface area contributed by atoms with Gasteiger partial charge in [-0.2, -0.15) is 4.31 Å². The van der Waals surface area contributed by atoms with Crippen LogP contribution in [-0.2, 0) is 16.4 Å². The number of hydrogen-bond donors (Lipinski definition) is 2. The molecule has 0 unspecified atom stereocenters. The van der Waals surface area contributed by atoms with E-state index in [0.29, 0.717) is 29.9 Å². The summed E-state index contributed by atoms with van der Waals surface area (Å²) in [4.78, 5) is 5.74. The second kappa shape index (κ2) is 13.0. The molecule has 0 atom stereocenters. The lowest BCUT2D eigenvalue weighted by molar-refractivity contribution is 0.410. The first-order chi connectivity index (χ1) is 13.0. The van der Waals surface area contributed by atoms with Gasteiger partial charge in [0, 0.05) is 43.5 Å². The summed E-state index contributed by atoms with van der Waals surface area (Å²) < 4.78 is 27.1. The van der Waals surface area contributed by atoms with Gasteiger partial charge in [0.05, 0.1) is 0 Å². The molecule has 162 valence electrons. The van der Waals surface area contributed by atoms with Crippen molar-refractivity contribution >= 4 is 51.3 Å². The maximum atomic E-state index is 12.6. The highest BCUT2D eigenvalue weighted by atomic mass is 127. The van der Waals surface area contributed by atoms with Crippen LogP contribution in [0.3, 0.4) is 0 Å². The Balaban J connectivity index is 0.00000392. The smallest absolute Gasteiger partial charge is 0.252 e. The molecule has 1 aliphatic carbocycles. The topological polar surface area (TPSA) is 73.8 Å². The number of nitrogens with zero attached hydrogens (tertiary/aromatic N) is 2. The second-order valence-electron chi connectivity index (χ2n) is 6.80. The first kappa shape index (κ1) is 25.6. The highest BCUT2D eigenvalue weighted by Crippen LogP contribution is 2.25. The van der Waals surface area contributed by atoms with Crippen LogP contribution in [0.4, 0.5) is 0 Å². The van der Waals surface area contributed by atoms with Crippen LogP contribution in [0.1, 0.15) is 57.8 Å². The maximum Gasteiger partial charge on any atom is 0.252 e. The van der Waals surface area contributed by atoms with E-state index in [9.17, 15) is 8.42 Å². The number of halogens is 1. The van der Waals surface area contributed by atoms with E-state index in [1.807, 2.05) is 19.9 Å². The Morgan fingerprint density at radius 2 is 1.86 bits per heavy atom. The summed E-state index contributed by atoms with van der Waals surface area (Å²) in [6, 6.07) is 4.16. The molecule has 1 aromatic rings. The van der Waals surface area contributed by atoms with Gasteiger partial charge in [0.15, 0.2) is 5.96 Å². The van der Waals surface area contributed by atoms with Gasteiger partial charge in [-0.3, -0.25) is 4.99 Å². The summed E-state index contributed by atoms with van der Waals surface area (Å²) in [6.07, 6.45) is 7.08. The zero-order valence-electron chi connectivity index (χ0n) is 17.2. The number of thiophene rings is 1. The Kier molecular flexibility index (Phi) is 11.9. The van der Waals surface area contributed by atoms with Crippen LogP contribution in [-0.4, -0.2) is 50.9 Å². The first-order valence-electron chi connectivity index (χ1n) is 10.1. The Labute approximate surface area is 191 Å². The van der Waals surface area contributed by atoms with Crippen molar-refractivity contribution in [3.8, 4) is 0 Å². The van der Waals surface area contributed by atoms with E-state index in [2.05, 4.69) is 22.5 Å². The molecule has 2 rings (SSSR count). The van der Waals surface area contributed by atoms with E-state index in [4.69, 9.17) is 0 Å².